The predicted octanol–water partition coefficient (Wildman–Crippen LogP) is 1.66. The Bertz CT molecular complexity index is 442. The van der Waals surface area contributed by atoms with Crippen LogP contribution in [0.15, 0.2) is 11.1 Å². The number of ether oxygens (including phenoxy) is 1. The topological polar surface area (TPSA) is 61.2 Å². The fourth-order valence-electron chi connectivity index (χ4n) is 1.23. The maximum absolute atomic E-state index is 11.2. The highest BCUT2D eigenvalue weighted by Crippen LogP contribution is 2.19. The van der Waals surface area contributed by atoms with Gasteiger partial charge in [0, 0.05) is 30.5 Å². The summed E-state index contributed by atoms with van der Waals surface area (Å²) < 4.78 is 29.1. The average Bonchev–Trinajstić information content (AvgIpc) is 2.54. The summed E-state index contributed by atoms with van der Waals surface area (Å²) in [6.45, 7) is 2.82. The fourth-order valence-corrected chi connectivity index (χ4v) is 2.28. The lowest BCUT2D eigenvalue weighted by Gasteiger charge is -2.01. The van der Waals surface area contributed by atoms with Gasteiger partial charge in [0.05, 0.1) is 6.61 Å². The second-order valence-electron chi connectivity index (χ2n) is 3.46. The maximum Gasteiger partial charge on any atom is 0.264 e. The number of rotatable bonds is 6. The molecule has 1 aromatic rings. The van der Waals surface area contributed by atoms with Gasteiger partial charge in [0.25, 0.3) is 9.05 Å². The Morgan fingerprint density at radius 3 is 2.81 bits per heavy atom. The van der Waals surface area contributed by atoms with Crippen LogP contribution in [0.4, 0.5) is 0 Å². The standard InChI is InChI=1S/C9H15ClN2O3S/c1-3-4-5-15-7-8-9(16(10,13)14)6-12(2)11-8/h6H,3-5,7H2,1-2H3. The highest BCUT2D eigenvalue weighted by Gasteiger charge is 2.19. The Labute approximate surface area is 99.8 Å². The van der Waals surface area contributed by atoms with Crippen molar-refractivity contribution in [2.45, 2.75) is 31.3 Å². The van der Waals surface area contributed by atoms with Crippen molar-refractivity contribution >= 4 is 19.7 Å². The number of hydrogen-bond donors (Lipinski definition) is 0. The molecule has 0 aliphatic heterocycles. The summed E-state index contributed by atoms with van der Waals surface area (Å²) in [6.07, 6.45) is 3.35. The van der Waals surface area contributed by atoms with Crippen molar-refractivity contribution < 1.29 is 13.2 Å². The van der Waals surface area contributed by atoms with Gasteiger partial charge >= 0.3 is 0 Å². The highest BCUT2D eigenvalue weighted by molar-refractivity contribution is 8.13. The zero-order valence-electron chi connectivity index (χ0n) is 9.31. The van der Waals surface area contributed by atoms with Crippen LogP contribution in [0.3, 0.4) is 0 Å². The number of hydrogen-bond acceptors (Lipinski definition) is 4. The lowest BCUT2D eigenvalue weighted by molar-refractivity contribution is 0.113. The summed E-state index contributed by atoms with van der Waals surface area (Å²) in [6, 6.07) is 0. The molecule has 0 amide bonds. The van der Waals surface area contributed by atoms with Crippen molar-refractivity contribution in [2.24, 2.45) is 7.05 Å². The van der Waals surface area contributed by atoms with Gasteiger partial charge in [0.15, 0.2) is 0 Å². The molecular weight excluding hydrogens is 252 g/mol. The van der Waals surface area contributed by atoms with E-state index in [0.717, 1.165) is 12.8 Å². The average molecular weight is 267 g/mol. The second kappa shape index (κ2) is 5.65. The van der Waals surface area contributed by atoms with Gasteiger partial charge in [-0.3, -0.25) is 4.68 Å². The molecule has 0 saturated carbocycles. The Morgan fingerprint density at radius 1 is 1.56 bits per heavy atom. The monoisotopic (exact) mass is 266 g/mol. The van der Waals surface area contributed by atoms with Crippen LogP contribution >= 0.6 is 10.7 Å². The summed E-state index contributed by atoms with van der Waals surface area (Å²) in [5.41, 5.74) is 0.355. The molecule has 7 heteroatoms. The van der Waals surface area contributed by atoms with Crippen LogP contribution in [0, 0.1) is 0 Å². The van der Waals surface area contributed by atoms with E-state index in [4.69, 9.17) is 15.4 Å². The van der Waals surface area contributed by atoms with Crippen LogP contribution in [0.2, 0.25) is 0 Å². The summed E-state index contributed by atoms with van der Waals surface area (Å²) in [5, 5.41) is 4.00. The van der Waals surface area contributed by atoms with Gasteiger partial charge in [-0.25, -0.2) is 8.42 Å². The van der Waals surface area contributed by atoms with E-state index >= 15 is 0 Å². The number of unbranched alkanes of at least 4 members (excludes halogenated alkanes) is 1. The largest absolute Gasteiger partial charge is 0.375 e. The smallest absolute Gasteiger partial charge is 0.264 e. The molecule has 0 bridgehead atoms. The fraction of sp³-hybridized carbons (Fsp3) is 0.667. The van der Waals surface area contributed by atoms with E-state index in [0.29, 0.717) is 12.3 Å². The van der Waals surface area contributed by atoms with Crippen molar-refractivity contribution in [3.8, 4) is 0 Å². The van der Waals surface area contributed by atoms with Gasteiger partial charge < -0.3 is 4.74 Å². The summed E-state index contributed by atoms with van der Waals surface area (Å²) in [4.78, 5) is 0.0214. The second-order valence-corrected chi connectivity index (χ2v) is 5.99. The molecule has 0 aliphatic carbocycles. The first-order chi connectivity index (χ1) is 7.45. The van der Waals surface area contributed by atoms with E-state index < -0.39 is 9.05 Å². The van der Waals surface area contributed by atoms with Gasteiger partial charge in [-0.1, -0.05) is 13.3 Å². The molecular formula is C9H15ClN2O3S. The first-order valence-electron chi connectivity index (χ1n) is 5.00. The molecule has 0 aliphatic rings. The Balaban J connectivity index is 2.72. The molecule has 1 rings (SSSR count). The molecule has 0 spiro atoms. The van der Waals surface area contributed by atoms with Crippen LogP contribution in [0.25, 0.3) is 0 Å². The van der Waals surface area contributed by atoms with Crippen LogP contribution in [0.5, 0.6) is 0 Å². The van der Waals surface area contributed by atoms with Gasteiger partial charge in [-0.05, 0) is 6.42 Å². The maximum atomic E-state index is 11.2. The van der Waals surface area contributed by atoms with Gasteiger partial charge in [0.1, 0.15) is 10.6 Å². The minimum atomic E-state index is -3.75. The zero-order valence-corrected chi connectivity index (χ0v) is 10.9. The molecule has 0 atom stereocenters. The molecule has 0 radical (unpaired) electrons. The molecule has 0 saturated heterocycles. The number of aryl methyl sites for hydroxylation is 1. The first kappa shape index (κ1) is 13.5. The summed E-state index contributed by atoms with van der Waals surface area (Å²) >= 11 is 0. The number of halogens is 1. The van der Waals surface area contributed by atoms with Crippen molar-refractivity contribution in [3.63, 3.8) is 0 Å². The van der Waals surface area contributed by atoms with Gasteiger partial charge in [-0.2, -0.15) is 5.10 Å². The molecule has 0 N–H and O–H groups in total. The Kier molecular flexibility index (Phi) is 4.76. The number of aromatic nitrogens is 2. The van der Waals surface area contributed by atoms with E-state index in [-0.39, 0.29) is 11.5 Å². The minimum absolute atomic E-state index is 0.0214. The molecule has 1 heterocycles. The molecule has 1 aromatic heterocycles. The van der Waals surface area contributed by atoms with Crippen molar-refractivity contribution in [2.75, 3.05) is 6.61 Å². The Morgan fingerprint density at radius 2 is 2.25 bits per heavy atom. The SMILES string of the molecule is CCCCOCc1nn(C)cc1S(=O)(=O)Cl. The predicted molar refractivity (Wildman–Crippen MR) is 60.8 cm³/mol. The molecule has 0 fully saturated rings. The molecule has 92 valence electrons. The number of nitrogens with zero attached hydrogens (tertiary/aromatic N) is 2. The van der Waals surface area contributed by atoms with Crippen LogP contribution in [0.1, 0.15) is 25.5 Å². The van der Waals surface area contributed by atoms with Crippen LogP contribution < -0.4 is 0 Å². The van der Waals surface area contributed by atoms with Gasteiger partial charge in [0.2, 0.25) is 0 Å². The van der Waals surface area contributed by atoms with Crippen LogP contribution in [-0.4, -0.2) is 24.8 Å². The van der Waals surface area contributed by atoms with E-state index in [1.807, 2.05) is 0 Å². The third-order valence-electron chi connectivity index (χ3n) is 2.01. The lowest BCUT2D eigenvalue weighted by atomic mass is 10.4. The van der Waals surface area contributed by atoms with Gasteiger partial charge in [-0.15, -0.1) is 0 Å². The van der Waals surface area contributed by atoms with E-state index in [1.54, 1.807) is 7.05 Å². The molecule has 0 unspecified atom stereocenters. The highest BCUT2D eigenvalue weighted by atomic mass is 35.7. The Hall–Kier alpha value is -0.590. The third kappa shape index (κ3) is 3.77. The van der Waals surface area contributed by atoms with E-state index in [9.17, 15) is 8.42 Å². The molecule has 0 aromatic carbocycles. The van der Waals surface area contributed by atoms with E-state index in [1.165, 1.54) is 10.9 Å². The lowest BCUT2D eigenvalue weighted by Crippen LogP contribution is -2.00. The quantitative estimate of drug-likeness (QED) is 0.580. The van der Waals surface area contributed by atoms with Crippen molar-refractivity contribution in [3.05, 3.63) is 11.9 Å². The van der Waals surface area contributed by atoms with E-state index in [2.05, 4.69) is 12.0 Å². The minimum Gasteiger partial charge on any atom is -0.375 e. The van der Waals surface area contributed by atoms with Crippen molar-refractivity contribution in [1.82, 2.24) is 9.78 Å². The molecule has 16 heavy (non-hydrogen) atoms. The third-order valence-corrected chi connectivity index (χ3v) is 3.38. The van der Waals surface area contributed by atoms with Crippen molar-refractivity contribution in [1.29, 1.82) is 0 Å². The normalized spacial score (nSPS) is 11.9. The first-order valence-corrected chi connectivity index (χ1v) is 7.31. The zero-order chi connectivity index (χ0) is 12.2. The van der Waals surface area contributed by atoms with Crippen LogP contribution in [-0.2, 0) is 27.4 Å². The summed E-state index contributed by atoms with van der Waals surface area (Å²) in [7, 11) is 3.17. The molecule has 5 nitrogen and oxygen atoms in total. The summed E-state index contributed by atoms with van der Waals surface area (Å²) in [5.74, 6) is 0.